The fraction of sp³-hybridized carbons (Fsp3) is 1.00. The lowest BCUT2D eigenvalue weighted by Crippen LogP contribution is -2.71. The van der Waals surface area contributed by atoms with Gasteiger partial charge in [-0.3, -0.25) is 4.55 Å². The van der Waals surface area contributed by atoms with Gasteiger partial charge in [-0.2, -0.15) is 8.42 Å². The van der Waals surface area contributed by atoms with E-state index in [4.69, 9.17) is 32.6 Å². The Balaban J connectivity index is 1.17. The second kappa shape index (κ2) is 17.3. The third kappa shape index (κ3) is 8.35. The number of aliphatic hydroxyl groups excluding tert-OH is 6. The average Bonchev–Trinajstić information content (AvgIpc) is 3.58. The van der Waals surface area contributed by atoms with Crippen molar-refractivity contribution >= 4 is 10.4 Å². The van der Waals surface area contributed by atoms with E-state index in [0.29, 0.717) is 38.5 Å². The largest absolute Gasteiger partial charge is 0.397 e. The molecule has 17 nitrogen and oxygen atoms in total. The lowest BCUT2D eigenvalue weighted by Gasteiger charge is -2.66. The van der Waals surface area contributed by atoms with E-state index in [1.807, 2.05) is 20.8 Å². The van der Waals surface area contributed by atoms with Crippen molar-refractivity contribution in [2.24, 2.45) is 46.3 Å². The average molecular weight is 841 g/mol. The van der Waals surface area contributed by atoms with Crippen LogP contribution in [0.4, 0.5) is 0 Å². The third-order valence-corrected chi connectivity index (χ3v) is 15.9. The maximum atomic E-state index is 12.9. The van der Waals surface area contributed by atoms with E-state index in [2.05, 4.69) is 13.8 Å². The summed E-state index contributed by atoms with van der Waals surface area (Å²) >= 11 is 0. The van der Waals surface area contributed by atoms with Gasteiger partial charge in [0.25, 0.3) is 0 Å². The van der Waals surface area contributed by atoms with E-state index < -0.39 is 131 Å². The normalized spacial score (nSPS) is 50.0. The van der Waals surface area contributed by atoms with Crippen molar-refractivity contribution in [3.8, 4) is 0 Å². The molecule has 0 aromatic heterocycles. The summed E-state index contributed by atoms with van der Waals surface area (Å²) in [6.45, 7) is 9.64. The van der Waals surface area contributed by atoms with E-state index in [1.54, 1.807) is 0 Å². The van der Waals surface area contributed by atoms with Gasteiger partial charge in [0.15, 0.2) is 12.6 Å². The summed E-state index contributed by atoms with van der Waals surface area (Å²) in [4.78, 5) is 0. The van der Waals surface area contributed by atoms with Gasteiger partial charge in [0, 0.05) is 32.5 Å². The van der Waals surface area contributed by atoms with Gasteiger partial charge in [-0.1, -0.05) is 34.6 Å². The Bertz CT molecular complexity index is 1470. The van der Waals surface area contributed by atoms with Gasteiger partial charge in [0.1, 0.15) is 36.6 Å². The number of rotatable bonds is 14. The second-order valence-electron chi connectivity index (χ2n) is 18.8. The number of fused-ring (bicyclic) bond motifs is 5. The summed E-state index contributed by atoms with van der Waals surface area (Å²) in [6, 6.07) is 0. The molecule has 6 fully saturated rings. The molecule has 18 heteroatoms. The van der Waals surface area contributed by atoms with Crippen LogP contribution in [0, 0.1) is 46.3 Å². The minimum absolute atomic E-state index is 0.0117. The highest BCUT2D eigenvalue weighted by Crippen LogP contribution is 2.70. The number of aliphatic hydroxyl groups is 7. The van der Waals surface area contributed by atoms with E-state index >= 15 is 0 Å². The molecule has 6 rings (SSSR count). The maximum Gasteiger partial charge on any atom is 0.397 e. The van der Waals surface area contributed by atoms with Crippen LogP contribution >= 0.6 is 0 Å². The highest BCUT2D eigenvalue weighted by Gasteiger charge is 2.72. The predicted molar refractivity (Wildman–Crippen MR) is 199 cm³/mol. The maximum absolute atomic E-state index is 12.9. The molecule has 0 bridgehead atoms. The Kier molecular flexibility index (Phi) is 13.9. The molecule has 4 aliphatic carbocycles. The van der Waals surface area contributed by atoms with Crippen molar-refractivity contribution in [2.75, 3.05) is 27.4 Å². The van der Waals surface area contributed by atoms with Crippen LogP contribution in [-0.2, 0) is 43.0 Å². The Hall–Kier alpha value is -0.650. The molecule has 0 radical (unpaired) electrons. The molecule has 2 aliphatic heterocycles. The second-order valence-corrected chi connectivity index (χ2v) is 19.9. The molecule has 4 saturated carbocycles. The summed E-state index contributed by atoms with van der Waals surface area (Å²) < 4.78 is 74.5. The highest BCUT2D eigenvalue weighted by atomic mass is 32.3. The third-order valence-electron chi connectivity index (χ3n) is 15.4. The number of hydrogen-bond donors (Lipinski definition) is 8. The molecule has 0 amide bonds. The van der Waals surface area contributed by atoms with Crippen LogP contribution in [0.2, 0.25) is 0 Å². The summed E-state index contributed by atoms with van der Waals surface area (Å²) in [5, 5.41) is 78.5. The minimum Gasteiger partial charge on any atom is -0.394 e. The summed E-state index contributed by atoms with van der Waals surface area (Å²) in [5.74, 6) is -1.97. The summed E-state index contributed by atoms with van der Waals surface area (Å²) in [6.07, 6.45) is -9.98. The van der Waals surface area contributed by atoms with Crippen molar-refractivity contribution in [1.29, 1.82) is 0 Å². The standard InChI is InChI=1S/C39H68O17S/c1-18(2)23(53-36-33(30(44)25(16-40)54-36)55-35-32(51-7)31(45)26(50-6)17-52-35)9-8-19(3)20-14-22(42)34-37(20,4)13-11-27-38(5)12-10-21(41)29(43)28(38)24(15-39(27,34)46)56-57(47,48)49/h18-36,40-46H,8-17H2,1-7H3,(H,47,48,49)/t19-,20-,21+,22-,23+,24+,25-,26-,27-,28+,29+,30+,31+,32-,33-,34-,35+,36-,37-,38-,39+/m1/s1. The van der Waals surface area contributed by atoms with Crippen LogP contribution in [0.15, 0.2) is 0 Å². The molecule has 0 unspecified atom stereocenters. The highest BCUT2D eigenvalue weighted by molar-refractivity contribution is 7.80. The van der Waals surface area contributed by atoms with E-state index in [-0.39, 0.29) is 37.2 Å². The zero-order valence-corrected chi connectivity index (χ0v) is 35.0. The van der Waals surface area contributed by atoms with Crippen LogP contribution < -0.4 is 0 Å². The number of ether oxygens (including phenoxy) is 6. The van der Waals surface area contributed by atoms with Gasteiger partial charge in [-0.15, -0.1) is 0 Å². The first-order valence-corrected chi connectivity index (χ1v) is 22.0. The predicted octanol–water partition coefficient (Wildman–Crippen LogP) is 0.529. The Morgan fingerprint density at radius 1 is 0.842 bits per heavy atom. The fourth-order valence-electron chi connectivity index (χ4n) is 12.7. The first-order valence-electron chi connectivity index (χ1n) is 20.7. The van der Waals surface area contributed by atoms with Crippen molar-refractivity contribution in [3.63, 3.8) is 0 Å². The van der Waals surface area contributed by atoms with Gasteiger partial charge in [-0.05, 0) is 79.4 Å². The van der Waals surface area contributed by atoms with Crippen molar-refractivity contribution in [2.45, 2.75) is 171 Å². The van der Waals surface area contributed by atoms with E-state index in [0.717, 1.165) is 0 Å². The van der Waals surface area contributed by atoms with Crippen molar-refractivity contribution in [3.05, 3.63) is 0 Å². The molecule has 57 heavy (non-hydrogen) atoms. The van der Waals surface area contributed by atoms with Crippen molar-refractivity contribution in [1.82, 2.24) is 0 Å². The lowest BCUT2D eigenvalue weighted by atomic mass is 9.41. The van der Waals surface area contributed by atoms with Crippen LogP contribution in [0.3, 0.4) is 0 Å². The van der Waals surface area contributed by atoms with Gasteiger partial charge < -0.3 is 64.2 Å². The zero-order valence-electron chi connectivity index (χ0n) is 34.2. The molecular weight excluding hydrogens is 772 g/mol. The van der Waals surface area contributed by atoms with Gasteiger partial charge in [0.05, 0.1) is 49.3 Å². The molecule has 21 atom stereocenters. The Labute approximate surface area is 336 Å². The molecular formula is C39H68O17S. The molecule has 0 aromatic rings. The van der Waals surface area contributed by atoms with Crippen molar-refractivity contribution < 1.29 is 81.3 Å². The molecule has 8 N–H and O–H groups in total. The van der Waals surface area contributed by atoms with Crippen LogP contribution in [0.5, 0.6) is 0 Å². The zero-order chi connectivity index (χ0) is 42.0. The summed E-state index contributed by atoms with van der Waals surface area (Å²) in [7, 11) is -2.14. The molecule has 332 valence electrons. The first-order chi connectivity index (χ1) is 26.6. The van der Waals surface area contributed by atoms with Crippen LogP contribution in [-0.4, -0.2) is 161 Å². The Morgan fingerprint density at radius 2 is 1.53 bits per heavy atom. The molecule has 0 aromatic carbocycles. The van der Waals surface area contributed by atoms with E-state index in [9.17, 15) is 48.7 Å². The van der Waals surface area contributed by atoms with Gasteiger partial charge in [0.2, 0.25) is 0 Å². The first kappa shape index (κ1) is 45.9. The Morgan fingerprint density at radius 3 is 2.14 bits per heavy atom. The molecule has 6 aliphatic rings. The van der Waals surface area contributed by atoms with E-state index in [1.165, 1.54) is 14.2 Å². The summed E-state index contributed by atoms with van der Waals surface area (Å²) in [5.41, 5.74) is -3.00. The lowest BCUT2D eigenvalue weighted by molar-refractivity contribution is -0.313. The SMILES string of the molecule is CO[C@H]1[C@H](O[C@H]2[C@H](O[C@@H](CC[C@@H](C)[C@H]3C[C@@H](O)[C@@H]4[C@]3(C)CC[C@@H]3[C@@]5(C)CC[C@H](O)[C@H](O)[C@@H]5[C@@H](OS(=O)(=O)O)C[C@]34O)C(C)C)O[C@H](CO)[C@@H]2O)OC[C@@H](OC)[C@@H]1O. The topological polar surface area (TPSA) is 261 Å². The molecule has 0 spiro atoms. The number of methoxy groups -OCH3 is 2. The molecule has 2 heterocycles. The quantitative estimate of drug-likeness (QED) is 0.111. The fourth-order valence-corrected chi connectivity index (χ4v) is 13.2. The minimum atomic E-state index is -4.99. The molecule has 2 saturated heterocycles. The van der Waals surface area contributed by atoms with Gasteiger partial charge in [-0.25, -0.2) is 4.18 Å². The van der Waals surface area contributed by atoms with Gasteiger partial charge >= 0.3 is 10.4 Å². The monoisotopic (exact) mass is 840 g/mol. The number of hydrogen-bond acceptors (Lipinski definition) is 16. The van der Waals surface area contributed by atoms with Crippen LogP contribution in [0.1, 0.15) is 86.0 Å². The van der Waals surface area contributed by atoms with Crippen LogP contribution in [0.25, 0.3) is 0 Å². The smallest absolute Gasteiger partial charge is 0.394 e.